The lowest BCUT2D eigenvalue weighted by atomic mass is 10.2. The van der Waals surface area contributed by atoms with Crippen molar-refractivity contribution >= 4 is 34.7 Å². The van der Waals surface area contributed by atoms with Crippen molar-refractivity contribution in [2.24, 2.45) is 10.2 Å². The third-order valence-corrected chi connectivity index (χ3v) is 4.53. The number of hydrogen-bond acceptors (Lipinski definition) is 8. The normalized spacial score (nSPS) is 11.7. The number of methoxy groups -OCH3 is 2. The first-order chi connectivity index (χ1) is 15.4. The third kappa shape index (κ3) is 5.88. The van der Waals surface area contributed by atoms with Gasteiger partial charge in [0, 0.05) is 0 Å². The van der Waals surface area contributed by atoms with Crippen molar-refractivity contribution in [3.05, 3.63) is 35.4 Å². The van der Waals surface area contributed by atoms with Gasteiger partial charge in [-0.05, 0) is 45.0 Å². The maximum atomic E-state index is 12.9. The summed E-state index contributed by atoms with van der Waals surface area (Å²) in [7, 11) is 2.86. The lowest BCUT2D eigenvalue weighted by Gasteiger charge is -2.16. The first-order valence-corrected chi connectivity index (χ1v) is 10.3. The van der Waals surface area contributed by atoms with Gasteiger partial charge < -0.3 is 24.3 Å². The minimum absolute atomic E-state index is 0.157. The fourth-order valence-electron chi connectivity index (χ4n) is 2.79. The highest BCUT2D eigenvalue weighted by molar-refractivity contribution is 6.34. The first-order valence-electron chi connectivity index (χ1n) is 9.89. The number of carbonyl (C=O) groups excluding carboxylic acids is 2. The quantitative estimate of drug-likeness (QED) is 0.377. The van der Waals surface area contributed by atoms with Gasteiger partial charge in [-0.25, -0.2) is 0 Å². The highest BCUT2D eigenvalue weighted by Gasteiger charge is 2.26. The molecule has 0 saturated carbocycles. The number of anilines is 1. The van der Waals surface area contributed by atoms with E-state index in [2.05, 4.69) is 15.5 Å². The van der Waals surface area contributed by atoms with E-state index < -0.39 is 17.7 Å². The molecule has 1 unspecified atom stereocenters. The standard InChI is InChI=1S/C22H26ClN3O6/c1-6-31-15-9-8-10-16(32-7-2)20(15)26-25-18(13(3)27)22(28)24-19-14(23)11-12-17(29-4)21(19)30-5/h8-12,18H,6-7H2,1-5H3,(H,24,28). The highest BCUT2D eigenvalue weighted by Crippen LogP contribution is 2.41. The maximum absolute atomic E-state index is 12.9. The van der Waals surface area contributed by atoms with Gasteiger partial charge in [-0.1, -0.05) is 17.7 Å². The van der Waals surface area contributed by atoms with Crippen LogP contribution < -0.4 is 24.3 Å². The summed E-state index contributed by atoms with van der Waals surface area (Å²) in [6, 6.07) is 6.84. The van der Waals surface area contributed by atoms with E-state index in [1.807, 2.05) is 13.8 Å². The van der Waals surface area contributed by atoms with Gasteiger partial charge in [0.1, 0.15) is 5.69 Å². The van der Waals surface area contributed by atoms with Gasteiger partial charge in [-0.3, -0.25) is 9.59 Å². The third-order valence-electron chi connectivity index (χ3n) is 4.21. The van der Waals surface area contributed by atoms with E-state index in [1.165, 1.54) is 27.2 Å². The Bertz CT molecular complexity index is 972. The Labute approximate surface area is 191 Å². The average Bonchev–Trinajstić information content (AvgIpc) is 2.76. The van der Waals surface area contributed by atoms with Crippen LogP contribution in [-0.2, 0) is 9.59 Å². The number of nitrogens with one attached hydrogen (secondary N) is 1. The summed E-state index contributed by atoms with van der Waals surface area (Å²) < 4.78 is 21.7. The zero-order valence-electron chi connectivity index (χ0n) is 18.6. The molecule has 0 aliphatic carbocycles. The van der Waals surface area contributed by atoms with Gasteiger partial charge in [0.05, 0.1) is 32.5 Å². The van der Waals surface area contributed by atoms with Crippen LogP contribution >= 0.6 is 11.6 Å². The van der Waals surface area contributed by atoms with E-state index in [9.17, 15) is 9.59 Å². The smallest absolute Gasteiger partial charge is 0.258 e. The first kappa shape index (κ1) is 24.9. The Morgan fingerprint density at radius 1 is 1.00 bits per heavy atom. The zero-order valence-corrected chi connectivity index (χ0v) is 19.4. The summed E-state index contributed by atoms with van der Waals surface area (Å²) in [5.41, 5.74) is 0.442. The van der Waals surface area contributed by atoms with Crippen molar-refractivity contribution in [2.45, 2.75) is 26.8 Å². The molecule has 1 amide bonds. The molecule has 2 aromatic rings. The van der Waals surface area contributed by atoms with Crippen LogP contribution in [0.4, 0.5) is 11.4 Å². The fourth-order valence-corrected chi connectivity index (χ4v) is 2.99. The minimum atomic E-state index is -1.44. The molecule has 0 spiro atoms. The molecule has 2 rings (SSSR count). The zero-order chi connectivity index (χ0) is 23.7. The molecule has 172 valence electrons. The lowest BCUT2D eigenvalue weighted by Crippen LogP contribution is -2.32. The predicted molar refractivity (Wildman–Crippen MR) is 121 cm³/mol. The molecule has 0 fully saturated rings. The van der Waals surface area contributed by atoms with Crippen LogP contribution in [0, 0.1) is 0 Å². The fraction of sp³-hybridized carbons (Fsp3) is 0.364. The van der Waals surface area contributed by atoms with Crippen molar-refractivity contribution in [3.63, 3.8) is 0 Å². The largest absolute Gasteiger partial charge is 0.493 e. The molecule has 1 atom stereocenters. The topological polar surface area (TPSA) is 108 Å². The number of carbonyl (C=O) groups is 2. The molecule has 0 radical (unpaired) electrons. The molecule has 9 nitrogen and oxygen atoms in total. The average molecular weight is 464 g/mol. The molecule has 2 aromatic carbocycles. The van der Waals surface area contributed by atoms with Crippen LogP contribution in [0.3, 0.4) is 0 Å². The molecule has 0 saturated heterocycles. The number of Topliss-reactive ketones (excluding diaryl/α,β-unsaturated/α-hetero) is 1. The maximum Gasteiger partial charge on any atom is 0.258 e. The second-order valence-electron chi connectivity index (χ2n) is 6.34. The predicted octanol–water partition coefficient (Wildman–Crippen LogP) is 4.83. The Morgan fingerprint density at radius 2 is 1.62 bits per heavy atom. The molecule has 0 aliphatic heterocycles. The summed E-state index contributed by atoms with van der Waals surface area (Å²) in [4.78, 5) is 25.1. The SMILES string of the molecule is CCOc1cccc(OCC)c1N=NC(C(C)=O)C(=O)Nc1c(Cl)ccc(OC)c1OC. The van der Waals surface area contributed by atoms with Crippen LogP contribution in [-0.4, -0.2) is 45.2 Å². The summed E-state index contributed by atoms with van der Waals surface area (Å²) in [6.45, 7) is 5.67. The van der Waals surface area contributed by atoms with Crippen molar-refractivity contribution in [2.75, 3.05) is 32.8 Å². The van der Waals surface area contributed by atoms with Gasteiger partial charge in [0.2, 0.25) is 6.04 Å². The van der Waals surface area contributed by atoms with E-state index in [-0.39, 0.29) is 22.1 Å². The minimum Gasteiger partial charge on any atom is -0.493 e. The Balaban J connectivity index is 2.40. The molecule has 0 aliphatic rings. The summed E-state index contributed by atoms with van der Waals surface area (Å²) in [5.74, 6) is 0.163. The van der Waals surface area contributed by atoms with Crippen molar-refractivity contribution < 1.29 is 28.5 Å². The van der Waals surface area contributed by atoms with Gasteiger partial charge in [-0.2, -0.15) is 5.11 Å². The molecule has 1 N–H and O–H groups in total. The van der Waals surface area contributed by atoms with Crippen molar-refractivity contribution in [1.29, 1.82) is 0 Å². The summed E-state index contributed by atoms with van der Waals surface area (Å²) in [5, 5.41) is 10.9. The van der Waals surface area contributed by atoms with Gasteiger partial charge in [0.25, 0.3) is 5.91 Å². The number of hydrogen-bond donors (Lipinski definition) is 1. The molecule has 32 heavy (non-hydrogen) atoms. The number of rotatable bonds is 11. The monoisotopic (exact) mass is 463 g/mol. The molecular formula is C22H26ClN3O6. The second-order valence-corrected chi connectivity index (χ2v) is 6.75. The van der Waals surface area contributed by atoms with Gasteiger partial charge >= 0.3 is 0 Å². The number of benzene rings is 2. The molecule has 0 aromatic heterocycles. The number of azo groups is 1. The highest BCUT2D eigenvalue weighted by atomic mass is 35.5. The number of halogens is 1. The van der Waals surface area contributed by atoms with E-state index in [0.29, 0.717) is 30.5 Å². The second kappa shape index (κ2) is 11.9. The number of amides is 1. The summed E-state index contributed by atoms with van der Waals surface area (Å²) in [6.07, 6.45) is 0. The van der Waals surface area contributed by atoms with E-state index in [1.54, 1.807) is 24.3 Å². The number of nitrogens with zero attached hydrogens (tertiary/aromatic N) is 2. The Hall–Kier alpha value is -3.33. The van der Waals surface area contributed by atoms with Crippen LogP contribution in [0.1, 0.15) is 20.8 Å². The molecule has 0 bridgehead atoms. The van der Waals surface area contributed by atoms with Gasteiger partial charge in [-0.15, -0.1) is 5.11 Å². The van der Waals surface area contributed by atoms with Crippen molar-refractivity contribution in [3.8, 4) is 23.0 Å². The van der Waals surface area contributed by atoms with E-state index >= 15 is 0 Å². The van der Waals surface area contributed by atoms with Crippen LogP contribution in [0.25, 0.3) is 0 Å². The van der Waals surface area contributed by atoms with E-state index in [4.69, 9.17) is 30.5 Å². The van der Waals surface area contributed by atoms with Crippen LogP contribution in [0.15, 0.2) is 40.6 Å². The van der Waals surface area contributed by atoms with E-state index in [0.717, 1.165) is 0 Å². The number of ketones is 1. The van der Waals surface area contributed by atoms with Crippen LogP contribution in [0.5, 0.6) is 23.0 Å². The van der Waals surface area contributed by atoms with Crippen LogP contribution in [0.2, 0.25) is 5.02 Å². The lowest BCUT2D eigenvalue weighted by molar-refractivity contribution is -0.126. The molecule has 0 heterocycles. The number of ether oxygens (including phenoxy) is 4. The summed E-state index contributed by atoms with van der Waals surface area (Å²) >= 11 is 6.23. The Morgan fingerprint density at radius 3 is 2.12 bits per heavy atom. The molecular weight excluding hydrogens is 438 g/mol. The van der Waals surface area contributed by atoms with Gasteiger partial charge in [0.15, 0.2) is 34.5 Å². The molecule has 10 heteroatoms. The van der Waals surface area contributed by atoms with Crippen molar-refractivity contribution in [1.82, 2.24) is 0 Å². The Kier molecular flexibility index (Phi) is 9.27.